The van der Waals surface area contributed by atoms with E-state index in [-0.39, 0.29) is 0 Å². The van der Waals surface area contributed by atoms with Crippen molar-refractivity contribution in [1.29, 1.82) is 0 Å². The number of rotatable bonds is 4. The van der Waals surface area contributed by atoms with Crippen LogP contribution in [0.5, 0.6) is 11.5 Å². The third kappa shape index (κ3) is 4.95. The van der Waals surface area contributed by atoms with Crippen molar-refractivity contribution in [2.45, 2.75) is 5.41 Å². The summed E-state index contributed by atoms with van der Waals surface area (Å²) in [6.07, 6.45) is 3.71. The zero-order valence-electron chi connectivity index (χ0n) is 30.2. The quantitative estimate of drug-likeness (QED) is 0.181. The lowest BCUT2D eigenvalue weighted by Gasteiger charge is -2.42. The molecule has 0 radical (unpaired) electrons. The molecule has 0 fully saturated rings. The van der Waals surface area contributed by atoms with Gasteiger partial charge in [-0.1, -0.05) is 158 Å². The van der Waals surface area contributed by atoms with Crippen molar-refractivity contribution in [3.8, 4) is 79.0 Å². The summed E-state index contributed by atoms with van der Waals surface area (Å²) in [5, 5.41) is 0. The van der Waals surface area contributed by atoms with Crippen LogP contribution >= 0.6 is 0 Å². The van der Waals surface area contributed by atoms with Gasteiger partial charge in [0.2, 0.25) is 0 Å². The van der Waals surface area contributed by atoms with Crippen LogP contribution in [0.25, 0.3) is 67.5 Å². The molecular weight excluding hydrogens is 685 g/mol. The van der Waals surface area contributed by atoms with E-state index in [9.17, 15) is 0 Å². The summed E-state index contributed by atoms with van der Waals surface area (Å²) in [4.78, 5) is 20.1. The second kappa shape index (κ2) is 12.8. The minimum absolute atomic E-state index is 0.617. The van der Waals surface area contributed by atoms with E-state index in [0.29, 0.717) is 11.6 Å². The Balaban J connectivity index is 1.19. The molecule has 9 aromatic rings. The fourth-order valence-corrected chi connectivity index (χ4v) is 8.62. The molecule has 262 valence electrons. The maximum Gasteiger partial charge on any atom is 0.160 e. The largest absolute Gasteiger partial charge is 0.457 e. The third-order valence-electron chi connectivity index (χ3n) is 11.1. The number of hydrogen-bond donors (Lipinski definition) is 0. The van der Waals surface area contributed by atoms with Gasteiger partial charge in [-0.25, -0.2) is 19.9 Å². The van der Waals surface area contributed by atoms with Gasteiger partial charge in [-0.2, -0.15) is 0 Å². The highest BCUT2D eigenvalue weighted by atomic mass is 16.5. The van der Waals surface area contributed by atoms with Gasteiger partial charge in [-0.15, -0.1) is 0 Å². The number of aromatic nitrogens is 4. The predicted molar refractivity (Wildman–Crippen MR) is 222 cm³/mol. The minimum Gasteiger partial charge on any atom is -0.457 e. The zero-order valence-corrected chi connectivity index (χ0v) is 30.2. The van der Waals surface area contributed by atoms with Gasteiger partial charge in [0, 0.05) is 45.8 Å². The van der Waals surface area contributed by atoms with Gasteiger partial charge in [0.1, 0.15) is 11.5 Å². The fraction of sp³-hybridized carbons (Fsp3) is 0.0196. The highest BCUT2D eigenvalue weighted by Gasteiger charge is 2.49. The first-order valence-corrected chi connectivity index (χ1v) is 18.8. The molecule has 0 unspecified atom stereocenters. The first-order chi connectivity index (χ1) is 27.8. The number of para-hydroxylation sites is 2. The van der Waals surface area contributed by atoms with E-state index >= 15 is 0 Å². The van der Waals surface area contributed by atoms with Crippen LogP contribution in [-0.2, 0) is 5.41 Å². The number of ether oxygens (including phenoxy) is 1. The molecule has 2 aromatic heterocycles. The molecule has 0 saturated carbocycles. The smallest absolute Gasteiger partial charge is 0.160 e. The Morgan fingerprint density at radius 1 is 0.339 bits per heavy atom. The molecule has 0 bridgehead atoms. The summed E-state index contributed by atoms with van der Waals surface area (Å²) in [7, 11) is 0. The first kappa shape index (κ1) is 32.0. The SMILES string of the molecule is c1ccc(-c2cc(-c3cnc(-c4ccccc4)nc3)nc(-c3ccc4c(c3)C3(c5ccccc5Oc5ccccc53)c3ccccc3-c3ccccc3-4)n2)cc1. The van der Waals surface area contributed by atoms with Crippen LogP contribution in [0.1, 0.15) is 22.3 Å². The highest BCUT2D eigenvalue weighted by molar-refractivity contribution is 5.94. The monoisotopic (exact) mass is 716 g/mol. The summed E-state index contributed by atoms with van der Waals surface area (Å²) >= 11 is 0. The fourth-order valence-electron chi connectivity index (χ4n) is 8.62. The predicted octanol–water partition coefficient (Wildman–Crippen LogP) is 12.1. The first-order valence-electron chi connectivity index (χ1n) is 18.8. The van der Waals surface area contributed by atoms with Gasteiger partial charge in [0.25, 0.3) is 0 Å². The molecule has 5 heteroatoms. The molecule has 2 aliphatic rings. The van der Waals surface area contributed by atoms with Crippen molar-refractivity contribution in [3.05, 3.63) is 217 Å². The van der Waals surface area contributed by atoms with Gasteiger partial charge < -0.3 is 4.74 Å². The van der Waals surface area contributed by atoms with E-state index in [1.54, 1.807) is 0 Å². The average molecular weight is 717 g/mol. The van der Waals surface area contributed by atoms with Gasteiger partial charge in [-0.3, -0.25) is 0 Å². The van der Waals surface area contributed by atoms with Gasteiger partial charge >= 0.3 is 0 Å². The standard InChI is InChI=1S/C51H32N4O/c1-3-15-33(16-4-1)45-30-46(36-31-52-49(53-32-36)34-17-5-2-6-18-34)55-50(54-45)35-27-28-40-38-20-8-7-19-37(38)39-21-9-10-22-41(39)51(44(40)29-35)42-23-11-13-25-47(42)56-48-26-14-12-24-43(48)51/h1-32H. The van der Waals surface area contributed by atoms with Crippen molar-refractivity contribution in [2.75, 3.05) is 0 Å². The summed E-state index contributed by atoms with van der Waals surface area (Å²) in [6.45, 7) is 0. The van der Waals surface area contributed by atoms with E-state index in [0.717, 1.165) is 67.4 Å². The van der Waals surface area contributed by atoms with Gasteiger partial charge in [-0.05, 0) is 57.6 Å². The van der Waals surface area contributed by atoms with Crippen LogP contribution in [0.2, 0.25) is 0 Å². The maximum absolute atomic E-state index is 6.70. The molecule has 0 N–H and O–H groups in total. The molecule has 1 aliphatic carbocycles. The number of benzene rings is 7. The summed E-state index contributed by atoms with van der Waals surface area (Å²) in [5.41, 5.74) is 13.7. The Morgan fingerprint density at radius 3 is 1.48 bits per heavy atom. The van der Waals surface area contributed by atoms with Crippen molar-refractivity contribution < 1.29 is 4.74 Å². The van der Waals surface area contributed by atoms with Crippen molar-refractivity contribution in [3.63, 3.8) is 0 Å². The third-order valence-corrected chi connectivity index (χ3v) is 11.1. The minimum atomic E-state index is -0.729. The Kier molecular flexibility index (Phi) is 7.32. The van der Waals surface area contributed by atoms with E-state index in [1.165, 1.54) is 22.3 Å². The molecule has 0 atom stereocenters. The van der Waals surface area contributed by atoms with Crippen LogP contribution < -0.4 is 4.74 Å². The van der Waals surface area contributed by atoms with Crippen molar-refractivity contribution in [2.24, 2.45) is 0 Å². The molecule has 7 aromatic carbocycles. The highest BCUT2D eigenvalue weighted by Crippen LogP contribution is 2.61. The second-order valence-corrected chi connectivity index (χ2v) is 14.2. The maximum atomic E-state index is 6.70. The number of fused-ring (bicyclic) bond motifs is 11. The lowest BCUT2D eigenvalue weighted by atomic mass is 9.62. The van der Waals surface area contributed by atoms with Crippen molar-refractivity contribution >= 4 is 0 Å². The Labute approximate surface area is 324 Å². The van der Waals surface area contributed by atoms with Gasteiger partial charge in [0.05, 0.1) is 16.8 Å². The molecule has 1 spiro atoms. The van der Waals surface area contributed by atoms with E-state index in [2.05, 4.69) is 127 Å². The molecule has 5 nitrogen and oxygen atoms in total. The van der Waals surface area contributed by atoms with Gasteiger partial charge in [0.15, 0.2) is 11.6 Å². The lowest BCUT2D eigenvalue weighted by Crippen LogP contribution is -2.34. The van der Waals surface area contributed by atoms with E-state index in [4.69, 9.17) is 24.7 Å². The number of hydrogen-bond acceptors (Lipinski definition) is 5. The van der Waals surface area contributed by atoms with E-state index in [1.807, 2.05) is 67.0 Å². The molecule has 0 amide bonds. The van der Waals surface area contributed by atoms with Crippen LogP contribution in [0.4, 0.5) is 0 Å². The second-order valence-electron chi connectivity index (χ2n) is 14.2. The normalized spacial score (nSPS) is 12.9. The molecule has 11 rings (SSSR count). The number of nitrogens with zero attached hydrogens (tertiary/aromatic N) is 4. The summed E-state index contributed by atoms with van der Waals surface area (Å²) in [5.74, 6) is 2.96. The molecule has 3 heterocycles. The topological polar surface area (TPSA) is 60.8 Å². The van der Waals surface area contributed by atoms with E-state index < -0.39 is 5.41 Å². The molecule has 1 aliphatic heterocycles. The van der Waals surface area contributed by atoms with Crippen LogP contribution in [-0.4, -0.2) is 19.9 Å². The van der Waals surface area contributed by atoms with Crippen LogP contribution in [0, 0.1) is 0 Å². The lowest BCUT2D eigenvalue weighted by molar-refractivity contribution is 0.435. The molecule has 0 saturated heterocycles. The Bertz CT molecular complexity index is 2900. The molecular formula is C51H32N4O. The Morgan fingerprint density at radius 2 is 0.839 bits per heavy atom. The van der Waals surface area contributed by atoms with Crippen LogP contribution in [0.3, 0.4) is 0 Å². The zero-order chi connectivity index (χ0) is 37.1. The summed E-state index contributed by atoms with van der Waals surface area (Å²) in [6, 6.07) is 63.6. The Hall–Kier alpha value is -7.50. The van der Waals surface area contributed by atoms with Crippen molar-refractivity contribution in [1.82, 2.24) is 19.9 Å². The molecule has 56 heavy (non-hydrogen) atoms. The summed E-state index contributed by atoms with van der Waals surface area (Å²) < 4.78 is 6.70. The van der Waals surface area contributed by atoms with Crippen LogP contribution in [0.15, 0.2) is 194 Å². The average Bonchev–Trinajstić information content (AvgIpc) is 3.38.